The second-order valence-corrected chi connectivity index (χ2v) is 3.24. The van der Waals surface area contributed by atoms with Crippen LogP contribution in [0.4, 0.5) is 0 Å². The van der Waals surface area contributed by atoms with Crippen LogP contribution in [-0.4, -0.2) is 25.2 Å². The molecule has 0 aliphatic heterocycles. The summed E-state index contributed by atoms with van der Waals surface area (Å²) in [5.41, 5.74) is 1.15. The molecule has 0 N–H and O–H groups in total. The zero-order valence-corrected chi connectivity index (χ0v) is 9.06. The Bertz CT molecular complexity index is 537. The van der Waals surface area contributed by atoms with E-state index in [9.17, 15) is 4.79 Å². The molecule has 4 heteroatoms. The Morgan fingerprint density at radius 2 is 2.12 bits per heavy atom. The average Bonchev–Trinajstić information content (AvgIpc) is 2.36. The van der Waals surface area contributed by atoms with Crippen LogP contribution in [0.3, 0.4) is 0 Å². The van der Waals surface area contributed by atoms with Gasteiger partial charge in [0.1, 0.15) is 5.75 Å². The van der Waals surface area contributed by atoms with Crippen LogP contribution >= 0.6 is 0 Å². The molecule has 0 saturated carbocycles. The number of hydrogen-bond donors (Lipinski definition) is 0. The lowest BCUT2D eigenvalue weighted by molar-refractivity contribution is 0.0600. The molecule has 1 aromatic heterocycles. The van der Waals surface area contributed by atoms with Crippen molar-refractivity contribution in [1.82, 2.24) is 4.98 Å². The Labute approximate surface area is 92.8 Å². The molecule has 0 radical (unpaired) electrons. The van der Waals surface area contributed by atoms with E-state index < -0.39 is 5.97 Å². The van der Waals surface area contributed by atoms with Gasteiger partial charge in [0, 0.05) is 11.6 Å². The molecule has 0 bridgehead atoms. The molecule has 0 aliphatic carbocycles. The van der Waals surface area contributed by atoms with Crippen LogP contribution < -0.4 is 4.74 Å². The Balaban J connectivity index is 2.68. The van der Waals surface area contributed by atoms with Crippen LogP contribution in [0.5, 0.6) is 5.75 Å². The van der Waals surface area contributed by atoms with E-state index in [1.54, 1.807) is 25.4 Å². The molecule has 0 saturated heterocycles. The van der Waals surface area contributed by atoms with E-state index in [1.165, 1.54) is 7.11 Å². The van der Waals surface area contributed by atoms with Crippen molar-refractivity contribution < 1.29 is 14.3 Å². The number of carbonyl (C=O) groups excluding carboxylic acids is 1. The summed E-state index contributed by atoms with van der Waals surface area (Å²) >= 11 is 0. The average molecular weight is 217 g/mol. The molecular formula is C12H11NO3. The molecule has 0 spiro atoms. The van der Waals surface area contributed by atoms with E-state index in [4.69, 9.17) is 4.74 Å². The van der Waals surface area contributed by atoms with Crippen molar-refractivity contribution >= 4 is 16.9 Å². The van der Waals surface area contributed by atoms with Crippen molar-refractivity contribution in [3.05, 3.63) is 36.0 Å². The number of methoxy groups -OCH3 is 2. The maximum atomic E-state index is 11.4. The van der Waals surface area contributed by atoms with Crippen LogP contribution in [0.25, 0.3) is 10.9 Å². The highest BCUT2D eigenvalue weighted by Gasteiger charge is 2.10. The van der Waals surface area contributed by atoms with Crippen LogP contribution in [-0.2, 0) is 4.74 Å². The minimum Gasteiger partial charge on any atom is -0.496 e. The third kappa shape index (κ3) is 1.69. The van der Waals surface area contributed by atoms with Gasteiger partial charge < -0.3 is 9.47 Å². The fourth-order valence-electron chi connectivity index (χ4n) is 1.55. The number of aromatic nitrogens is 1. The van der Waals surface area contributed by atoms with Gasteiger partial charge in [0.25, 0.3) is 0 Å². The van der Waals surface area contributed by atoms with Gasteiger partial charge in [-0.3, -0.25) is 4.98 Å². The number of benzene rings is 1. The normalized spacial score (nSPS) is 10.1. The van der Waals surface area contributed by atoms with Crippen molar-refractivity contribution in [1.29, 1.82) is 0 Å². The van der Waals surface area contributed by atoms with Crippen molar-refractivity contribution in [3.8, 4) is 5.75 Å². The Hall–Kier alpha value is -2.10. The highest BCUT2D eigenvalue weighted by Crippen LogP contribution is 2.26. The second-order valence-electron chi connectivity index (χ2n) is 3.24. The standard InChI is InChI=1S/C12H11NO3/c1-15-11-7-8(12(14)16-2)6-10-9(11)4-3-5-13-10/h3-7H,1-2H3. The summed E-state index contributed by atoms with van der Waals surface area (Å²) in [6.07, 6.45) is 1.67. The molecule has 2 aromatic rings. The number of rotatable bonds is 2. The first-order chi connectivity index (χ1) is 7.76. The highest BCUT2D eigenvalue weighted by atomic mass is 16.5. The quantitative estimate of drug-likeness (QED) is 0.722. The highest BCUT2D eigenvalue weighted by molar-refractivity contribution is 5.96. The SMILES string of the molecule is COC(=O)c1cc(OC)c2cccnc2c1. The second kappa shape index (κ2) is 4.18. The first-order valence-corrected chi connectivity index (χ1v) is 4.77. The van der Waals surface area contributed by atoms with E-state index in [0.717, 1.165) is 5.39 Å². The molecule has 82 valence electrons. The molecule has 0 unspecified atom stereocenters. The van der Waals surface area contributed by atoms with E-state index in [-0.39, 0.29) is 0 Å². The van der Waals surface area contributed by atoms with Gasteiger partial charge >= 0.3 is 5.97 Å². The van der Waals surface area contributed by atoms with Crippen LogP contribution in [0.1, 0.15) is 10.4 Å². The van der Waals surface area contributed by atoms with Crippen molar-refractivity contribution in [3.63, 3.8) is 0 Å². The molecule has 0 fully saturated rings. The summed E-state index contributed by atoms with van der Waals surface area (Å²) in [6.45, 7) is 0. The fraction of sp³-hybridized carbons (Fsp3) is 0.167. The van der Waals surface area contributed by atoms with E-state index in [0.29, 0.717) is 16.8 Å². The summed E-state index contributed by atoms with van der Waals surface area (Å²) in [4.78, 5) is 15.6. The van der Waals surface area contributed by atoms with Crippen molar-refractivity contribution in [2.75, 3.05) is 14.2 Å². The lowest BCUT2D eigenvalue weighted by Gasteiger charge is -2.07. The van der Waals surface area contributed by atoms with E-state index >= 15 is 0 Å². The third-order valence-corrected chi connectivity index (χ3v) is 2.32. The van der Waals surface area contributed by atoms with Gasteiger partial charge in [0.05, 0.1) is 25.3 Å². The summed E-state index contributed by atoms with van der Waals surface area (Å²) in [6, 6.07) is 7.05. The smallest absolute Gasteiger partial charge is 0.338 e. The summed E-state index contributed by atoms with van der Waals surface area (Å²) in [7, 11) is 2.90. The van der Waals surface area contributed by atoms with Crippen molar-refractivity contribution in [2.24, 2.45) is 0 Å². The van der Waals surface area contributed by atoms with Crippen LogP contribution in [0.15, 0.2) is 30.5 Å². The predicted octanol–water partition coefficient (Wildman–Crippen LogP) is 2.03. The largest absolute Gasteiger partial charge is 0.496 e. The van der Waals surface area contributed by atoms with Crippen molar-refractivity contribution in [2.45, 2.75) is 0 Å². The first-order valence-electron chi connectivity index (χ1n) is 4.77. The Morgan fingerprint density at radius 1 is 1.31 bits per heavy atom. The zero-order valence-electron chi connectivity index (χ0n) is 9.06. The molecule has 1 aromatic carbocycles. The van der Waals surface area contributed by atoms with Crippen LogP contribution in [0, 0.1) is 0 Å². The number of esters is 1. The molecule has 0 aliphatic rings. The topological polar surface area (TPSA) is 48.4 Å². The molecular weight excluding hydrogens is 206 g/mol. The number of pyridine rings is 1. The Morgan fingerprint density at radius 3 is 2.81 bits per heavy atom. The summed E-state index contributed by atoms with van der Waals surface area (Å²) in [5.74, 6) is 0.219. The monoisotopic (exact) mass is 217 g/mol. The molecule has 16 heavy (non-hydrogen) atoms. The van der Waals surface area contributed by atoms with E-state index in [2.05, 4.69) is 9.72 Å². The molecule has 2 rings (SSSR count). The third-order valence-electron chi connectivity index (χ3n) is 2.32. The zero-order chi connectivity index (χ0) is 11.5. The molecule has 4 nitrogen and oxygen atoms in total. The number of carbonyl (C=O) groups is 1. The molecule has 0 amide bonds. The molecule has 0 atom stereocenters. The predicted molar refractivity (Wildman–Crippen MR) is 59.6 cm³/mol. The van der Waals surface area contributed by atoms with Gasteiger partial charge in [-0.05, 0) is 24.3 Å². The first kappa shape index (κ1) is 10.4. The number of fused-ring (bicyclic) bond motifs is 1. The maximum absolute atomic E-state index is 11.4. The summed E-state index contributed by atoms with van der Waals surface area (Å²) < 4.78 is 9.88. The Kier molecular flexibility index (Phi) is 2.72. The fourth-order valence-corrected chi connectivity index (χ4v) is 1.55. The maximum Gasteiger partial charge on any atom is 0.338 e. The van der Waals surface area contributed by atoms with Gasteiger partial charge in [0.2, 0.25) is 0 Å². The number of hydrogen-bond acceptors (Lipinski definition) is 4. The minimum atomic E-state index is -0.397. The lowest BCUT2D eigenvalue weighted by atomic mass is 10.1. The van der Waals surface area contributed by atoms with Gasteiger partial charge in [-0.15, -0.1) is 0 Å². The summed E-state index contributed by atoms with van der Waals surface area (Å²) in [5, 5.41) is 0.873. The van der Waals surface area contributed by atoms with Gasteiger partial charge in [-0.1, -0.05) is 0 Å². The van der Waals surface area contributed by atoms with Gasteiger partial charge in [-0.25, -0.2) is 4.79 Å². The van der Waals surface area contributed by atoms with Gasteiger partial charge in [-0.2, -0.15) is 0 Å². The van der Waals surface area contributed by atoms with E-state index in [1.807, 2.05) is 12.1 Å². The lowest BCUT2D eigenvalue weighted by Crippen LogP contribution is -2.02. The minimum absolute atomic E-state index is 0.397. The molecule has 1 heterocycles. The number of nitrogens with zero attached hydrogens (tertiary/aromatic N) is 1. The van der Waals surface area contributed by atoms with Gasteiger partial charge in [0.15, 0.2) is 0 Å². The number of ether oxygens (including phenoxy) is 2. The van der Waals surface area contributed by atoms with Crippen LogP contribution in [0.2, 0.25) is 0 Å².